The van der Waals surface area contributed by atoms with E-state index in [0.717, 1.165) is 56.4 Å². The zero-order chi connectivity index (χ0) is 36.7. The molecule has 0 saturated heterocycles. The minimum Gasteiger partial charge on any atom is -0.455 e. The molecular formula is C53H37NO. The molecule has 0 atom stereocenters. The summed E-state index contributed by atoms with van der Waals surface area (Å²) in [6.07, 6.45) is 0. The van der Waals surface area contributed by atoms with Crippen LogP contribution in [0, 0.1) is 0 Å². The van der Waals surface area contributed by atoms with E-state index in [1.165, 1.54) is 49.4 Å². The maximum Gasteiger partial charge on any atom is 0.143 e. The van der Waals surface area contributed by atoms with Crippen molar-refractivity contribution in [3.63, 3.8) is 0 Å². The third-order valence-electron chi connectivity index (χ3n) is 11.9. The van der Waals surface area contributed by atoms with Gasteiger partial charge in [0.2, 0.25) is 0 Å². The highest BCUT2D eigenvalue weighted by atomic mass is 16.5. The molecule has 260 valence electrons. The van der Waals surface area contributed by atoms with Crippen molar-refractivity contribution in [2.24, 2.45) is 0 Å². The second-order valence-electron chi connectivity index (χ2n) is 15.3. The number of hydrogen-bond donors (Lipinski definition) is 0. The minimum absolute atomic E-state index is 0.142. The molecule has 0 unspecified atom stereocenters. The van der Waals surface area contributed by atoms with Crippen molar-refractivity contribution in [3.8, 4) is 56.0 Å². The fourth-order valence-electron chi connectivity index (χ4n) is 9.20. The van der Waals surface area contributed by atoms with E-state index in [9.17, 15) is 0 Å². The zero-order valence-corrected chi connectivity index (χ0v) is 30.8. The second kappa shape index (κ2) is 12.1. The molecule has 55 heavy (non-hydrogen) atoms. The summed E-state index contributed by atoms with van der Waals surface area (Å²) in [5.74, 6) is 1.70. The predicted molar refractivity (Wildman–Crippen MR) is 230 cm³/mol. The Bertz CT molecular complexity index is 2990. The summed E-state index contributed by atoms with van der Waals surface area (Å²) in [4.78, 5) is 2.44. The molecule has 9 aromatic rings. The van der Waals surface area contributed by atoms with E-state index in [1.807, 2.05) is 0 Å². The highest BCUT2D eigenvalue weighted by Gasteiger charge is 2.36. The van der Waals surface area contributed by atoms with Gasteiger partial charge in [-0.15, -0.1) is 0 Å². The molecule has 1 heterocycles. The molecule has 11 rings (SSSR count). The number of hydrogen-bond acceptors (Lipinski definition) is 2. The molecule has 0 N–H and O–H groups in total. The number of benzene rings is 9. The fourth-order valence-corrected chi connectivity index (χ4v) is 9.20. The van der Waals surface area contributed by atoms with Gasteiger partial charge in [0.05, 0.1) is 5.69 Å². The Morgan fingerprint density at radius 3 is 1.80 bits per heavy atom. The third-order valence-corrected chi connectivity index (χ3v) is 11.9. The number of nitrogens with zero attached hydrogens (tertiary/aromatic N) is 1. The van der Waals surface area contributed by atoms with Crippen LogP contribution in [0.4, 0.5) is 17.1 Å². The Hall–Kier alpha value is -6.90. The molecule has 0 amide bonds. The smallest absolute Gasteiger partial charge is 0.143 e. The Morgan fingerprint density at radius 1 is 0.400 bits per heavy atom. The van der Waals surface area contributed by atoms with Crippen LogP contribution in [0.15, 0.2) is 188 Å². The van der Waals surface area contributed by atoms with Gasteiger partial charge in [-0.2, -0.15) is 0 Å². The van der Waals surface area contributed by atoms with Crippen molar-refractivity contribution < 1.29 is 4.74 Å². The lowest BCUT2D eigenvalue weighted by Crippen LogP contribution is -2.16. The van der Waals surface area contributed by atoms with Gasteiger partial charge in [-0.3, -0.25) is 0 Å². The molecule has 9 aromatic carbocycles. The summed E-state index contributed by atoms with van der Waals surface area (Å²) < 4.78 is 7.21. The SMILES string of the molecule is CC1(C)c2ccccc2-c2ccc(N(c3ccc4c(c3)Oc3c(-c5ccccc5)cccc3-c3ccccc3-4)c3cc4ccccc4c4ccccc34)cc21. The van der Waals surface area contributed by atoms with Crippen LogP contribution >= 0.6 is 0 Å². The van der Waals surface area contributed by atoms with E-state index in [-0.39, 0.29) is 5.41 Å². The lowest BCUT2D eigenvalue weighted by atomic mass is 9.82. The number of ether oxygens (including phenoxy) is 1. The Labute approximate surface area is 321 Å². The maximum atomic E-state index is 7.21. The van der Waals surface area contributed by atoms with Gasteiger partial charge in [0, 0.05) is 44.9 Å². The molecule has 0 bridgehead atoms. The molecule has 2 heteroatoms. The largest absolute Gasteiger partial charge is 0.455 e. The van der Waals surface area contributed by atoms with Crippen LogP contribution in [0.3, 0.4) is 0 Å². The highest BCUT2D eigenvalue weighted by Crippen LogP contribution is 2.54. The molecule has 0 spiro atoms. The molecule has 2 aliphatic rings. The normalized spacial score (nSPS) is 13.2. The molecule has 0 radical (unpaired) electrons. The zero-order valence-electron chi connectivity index (χ0n) is 30.8. The van der Waals surface area contributed by atoms with Crippen molar-refractivity contribution in [2.75, 3.05) is 4.90 Å². The van der Waals surface area contributed by atoms with Crippen LogP contribution in [-0.2, 0) is 5.41 Å². The first-order chi connectivity index (χ1) is 27.0. The van der Waals surface area contributed by atoms with Crippen LogP contribution in [0.5, 0.6) is 11.5 Å². The lowest BCUT2D eigenvalue weighted by molar-refractivity contribution is 0.489. The van der Waals surface area contributed by atoms with E-state index < -0.39 is 0 Å². The Morgan fingerprint density at radius 2 is 0.982 bits per heavy atom. The number of para-hydroxylation sites is 1. The van der Waals surface area contributed by atoms with Gasteiger partial charge in [-0.05, 0) is 85.4 Å². The van der Waals surface area contributed by atoms with E-state index in [2.05, 4.69) is 207 Å². The van der Waals surface area contributed by atoms with E-state index in [1.54, 1.807) is 0 Å². The summed E-state index contributed by atoms with van der Waals surface area (Å²) in [6.45, 7) is 4.71. The van der Waals surface area contributed by atoms with Crippen molar-refractivity contribution in [3.05, 3.63) is 199 Å². The summed E-state index contributed by atoms with van der Waals surface area (Å²) >= 11 is 0. The summed E-state index contributed by atoms with van der Waals surface area (Å²) in [5, 5.41) is 4.88. The van der Waals surface area contributed by atoms with Gasteiger partial charge in [-0.25, -0.2) is 0 Å². The summed E-state index contributed by atoms with van der Waals surface area (Å²) in [6, 6.07) is 68.3. The monoisotopic (exact) mass is 703 g/mol. The van der Waals surface area contributed by atoms with Gasteiger partial charge in [0.1, 0.15) is 11.5 Å². The highest BCUT2D eigenvalue weighted by molar-refractivity contribution is 6.14. The molecule has 1 aliphatic carbocycles. The molecule has 2 nitrogen and oxygen atoms in total. The average Bonchev–Trinajstić information content (AvgIpc) is 3.36. The van der Waals surface area contributed by atoms with Gasteiger partial charge in [0.15, 0.2) is 0 Å². The standard InChI is InChI=1S/C53H37NO/c1-53(2)48-26-13-12-22-43(48)44-29-27-36(32-49(44)53)54(50-31-35-17-6-7-18-38(35)40-19-10-11-23-45(40)50)37-28-30-46-41-20-8-9-21-42(41)47-25-14-24-39(34-15-4-3-5-16-34)52(47)55-51(46)33-37/h3-33H,1-2H3. The van der Waals surface area contributed by atoms with Crippen molar-refractivity contribution in [1.29, 1.82) is 0 Å². The first kappa shape index (κ1) is 31.6. The summed E-state index contributed by atoms with van der Waals surface area (Å²) in [5.41, 5.74) is 15.2. The topological polar surface area (TPSA) is 12.5 Å². The van der Waals surface area contributed by atoms with Crippen LogP contribution in [0.1, 0.15) is 25.0 Å². The maximum absolute atomic E-state index is 7.21. The van der Waals surface area contributed by atoms with Crippen LogP contribution in [-0.4, -0.2) is 0 Å². The fraction of sp³-hybridized carbons (Fsp3) is 0.0566. The number of rotatable bonds is 4. The van der Waals surface area contributed by atoms with Crippen molar-refractivity contribution in [1.82, 2.24) is 0 Å². The number of fused-ring (bicyclic) bond motifs is 11. The van der Waals surface area contributed by atoms with Gasteiger partial charge in [-0.1, -0.05) is 166 Å². The minimum atomic E-state index is -0.142. The van der Waals surface area contributed by atoms with Gasteiger partial charge >= 0.3 is 0 Å². The predicted octanol–water partition coefficient (Wildman–Crippen LogP) is 14.9. The molecule has 0 aromatic heterocycles. The summed E-state index contributed by atoms with van der Waals surface area (Å²) in [7, 11) is 0. The number of anilines is 3. The van der Waals surface area contributed by atoms with E-state index >= 15 is 0 Å². The molecule has 0 fully saturated rings. The van der Waals surface area contributed by atoms with Crippen molar-refractivity contribution >= 4 is 38.6 Å². The Balaban J connectivity index is 1.17. The van der Waals surface area contributed by atoms with Crippen LogP contribution in [0.2, 0.25) is 0 Å². The van der Waals surface area contributed by atoms with Crippen LogP contribution in [0.25, 0.3) is 66.1 Å². The van der Waals surface area contributed by atoms with Gasteiger partial charge in [0.25, 0.3) is 0 Å². The van der Waals surface area contributed by atoms with E-state index in [4.69, 9.17) is 4.74 Å². The van der Waals surface area contributed by atoms with Gasteiger partial charge < -0.3 is 9.64 Å². The molecular weight excluding hydrogens is 667 g/mol. The van der Waals surface area contributed by atoms with Crippen molar-refractivity contribution in [2.45, 2.75) is 19.3 Å². The lowest BCUT2D eigenvalue weighted by Gasteiger charge is -2.30. The van der Waals surface area contributed by atoms with Crippen LogP contribution < -0.4 is 9.64 Å². The van der Waals surface area contributed by atoms with E-state index in [0.29, 0.717) is 0 Å². The molecule has 0 saturated carbocycles. The molecule has 1 aliphatic heterocycles. The third kappa shape index (κ3) is 4.81. The Kier molecular flexibility index (Phi) is 6.93. The first-order valence-corrected chi connectivity index (χ1v) is 19.1. The first-order valence-electron chi connectivity index (χ1n) is 19.1. The quantitative estimate of drug-likeness (QED) is 0.169. The average molecular weight is 704 g/mol. The second-order valence-corrected chi connectivity index (χ2v) is 15.3.